The highest BCUT2D eigenvalue weighted by atomic mass is 79.9. The van der Waals surface area contributed by atoms with Gasteiger partial charge in [-0.25, -0.2) is 5.43 Å². The smallest absolute Gasteiger partial charge is 0.244 e. The van der Waals surface area contributed by atoms with Gasteiger partial charge in [0.25, 0.3) is 0 Å². The Kier molecular flexibility index (Phi) is 8.35. The summed E-state index contributed by atoms with van der Waals surface area (Å²) in [5, 5.41) is 4.97. The van der Waals surface area contributed by atoms with Crippen molar-refractivity contribution in [3.05, 3.63) is 91.9 Å². The van der Waals surface area contributed by atoms with E-state index < -0.39 is 0 Å². The van der Waals surface area contributed by atoms with Crippen molar-refractivity contribution < 1.29 is 14.3 Å². The Hall–Kier alpha value is -2.54. The van der Waals surface area contributed by atoms with E-state index in [1.807, 2.05) is 42.5 Å². The van der Waals surface area contributed by atoms with Crippen molar-refractivity contribution in [1.82, 2.24) is 5.43 Å². The molecule has 31 heavy (non-hydrogen) atoms. The van der Waals surface area contributed by atoms with Gasteiger partial charge in [0.1, 0.15) is 6.61 Å². The Labute approximate surface area is 199 Å². The van der Waals surface area contributed by atoms with Gasteiger partial charge in [0.15, 0.2) is 11.5 Å². The SMILES string of the molecule is COc1cc(/C=N\NC(=O)Cc2ccc(Br)cc2)cc(Cl)c1OCc1ccccc1Cl. The summed E-state index contributed by atoms with van der Waals surface area (Å²) in [5.74, 6) is 0.624. The fraction of sp³-hybridized carbons (Fsp3) is 0.130. The summed E-state index contributed by atoms with van der Waals surface area (Å²) in [6.45, 7) is 0.245. The molecule has 0 radical (unpaired) electrons. The molecule has 0 bridgehead atoms. The molecule has 0 aliphatic heterocycles. The fourth-order valence-corrected chi connectivity index (χ4v) is 3.45. The maximum absolute atomic E-state index is 12.1. The van der Waals surface area contributed by atoms with Crippen molar-refractivity contribution in [2.24, 2.45) is 5.10 Å². The van der Waals surface area contributed by atoms with E-state index in [-0.39, 0.29) is 18.9 Å². The number of carbonyl (C=O) groups excluding carboxylic acids is 1. The number of hydrazone groups is 1. The molecule has 0 saturated heterocycles. The van der Waals surface area contributed by atoms with Crippen molar-refractivity contribution in [3.8, 4) is 11.5 Å². The number of halogens is 3. The summed E-state index contributed by atoms with van der Waals surface area (Å²) < 4.78 is 12.2. The molecule has 0 heterocycles. The molecule has 1 N–H and O–H groups in total. The fourth-order valence-electron chi connectivity index (χ4n) is 2.73. The molecule has 1 amide bonds. The largest absolute Gasteiger partial charge is 0.493 e. The predicted octanol–water partition coefficient (Wildman–Crippen LogP) is 6.04. The molecule has 0 fully saturated rings. The molecule has 160 valence electrons. The third-order valence-electron chi connectivity index (χ3n) is 4.26. The van der Waals surface area contributed by atoms with Crippen LogP contribution in [0.2, 0.25) is 10.0 Å². The first-order valence-corrected chi connectivity index (χ1v) is 10.8. The minimum Gasteiger partial charge on any atom is -0.493 e. The molecule has 0 atom stereocenters. The highest BCUT2D eigenvalue weighted by molar-refractivity contribution is 9.10. The summed E-state index contributed by atoms with van der Waals surface area (Å²) in [6.07, 6.45) is 1.72. The van der Waals surface area contributed by atoms with Crippen LogP contribution in [0.4, 0.5) is 0 Å². The second-order valence-corrected chi connectivity index (χ2v) is 8.24. The van der Waals surface area contributed by atoms with Gasteiger partial charge in [-0.05, 0) is 41.5 Å². The summed E-state index contributed by atoms with van der Waals surface area (Å²) >= 11 is 15.9. The van der Waals surface area contributed by atoms with Crippen LogP contribution in [0.15, 0.2) is 70.2 Å². The van der Waals surface area contributed by atoms with E-state index in [4.69, 9.17) is 32.7 Å². The Balaban J connectivity index is 1.64. The number of rotatable bonds is 8. The van der Waals surface area contributed by atoms with Crippen molar-refractivity contribution in [2.45, 2.75) is 13.0 Å². The predicted molar refractivity (Wildman–Crippen MR) is 127 cm³/mol. The highest BCUT2D eigenvalue weighted by Gasteiger charge is 2.13. The van der Waals surface area contributed by atoms with E-state index in [1.165, 1.54) is 13.3 Å². The van der Waals surface area contributed by atoms with E-state index >= 15 is 0 Å². The van der Waals surface area contributed by atoms with Crippen LogP contribution in [0, 0.1) is 0 Å². The zero-order valence-corrected chi connectivity index (χ0v) is 19.7. The maximum atomic E-state index is 12.1. The van der Waals surface area contributed by atoms with Crippen LogP contribution in [0.3, 0.4) is 0 Å². The third-order valence-corrected chi connectivity index (χ3v) is 5.44. The molecule has 0 aromatic heterocycles. The lowest BCUT2D eigenvalue weighted by Gasteiger charge is -2.14. The van der Waals surface area contributed by atoms with Gasteiger partial charge in [0.05, 0.1) is 24.8 Å². The monoisotopic (exact) mass is 520 g/mol. The van der Waals surface area contributed by atoms with Crippen molar-refractivity contribution in [2.75, 3.05) is 7.11 Å². The quantitative estimate of drug-likeness (QED) is 0.290. The second-order valence-electron chi connectivity index (χ2n) is 6.51. The number of carbonyl (C=O) groups is 1. The molecule has 0 aliphatic rings. The average Bonchev–Trinajstić information content (AvgIpc) is 2.75. The van der Waals surface area contributed by atoms with Gasteiger partial charge in [0, 0.05) is 15.1 Å². The van der Waals surface area contributed by atoms with Gasteiger partial charge in [-0.1, -0.05) is 69.5 Å². The third kappa shape index (κ3) is 6.72. The number of hydrogen-bond donors (Lipinski definition) is 1. The van der Waals surface area contributed by atoms with Gasteiger partial charge < -0.3 is 9.47 Å². The molecule has 3 rings (SSSR count). The number of benzene rings is 3. The molecule has 0 saturated carbocycles. The Bertz CT molecular complexity index is 1090. The normalized spacial score (nSPS) is 10.8. The van der Waals surface area contributed by atoms with Crippen LogP contribution in [-0.2, 0) is 17.8 Å². The van der Waals surface area contributed by atoms with Crippen molar-refractivity contribution in [3.63, 3.8) is 0 Å². The van der Waals surface area contributed by atoms with E-state index in [0.29, 0.717) is 27.1 Å². The van der Waals surface area contributed by atoms with Crippen molar-refractivity contribution in [1.29, 1.82) is 0 Å². The molecule has 3 aromatic rings. The van der Waals surface area contributed by atoms with Crippen LogP contribution in [-0.4, -0.2) is 19.2 Å². The average molecular weight is 522 g/mol. The summed E-state index contributed by atoms with van der Waals surface area (Å²) in [4.78, 5) is 12.1. The summed E-state index contributed by atoms with van der Waals surface area (Å²) in [5.41, 5.74) is 4.88. The van der Waals surface area contributed by atoms with Crippen LogP contribution in [0.25, 0.3) is 0 Å². The number of ether oxygens (including phenoxy) is 2. The molecule has 5 nitrogen and oxygen atoms in total. The first-order valence-electron chi connectivity index (χ1n) is 9.26. The highest BCUT2D eigenvalue weighted by Crippen LogP contribution is 2.37. The zero-order valence-electron chi connectivity index (χ0n) is 16.6. The van der Waals surface area contributed by atoms with E-state index in [2.05, 4.69) is 26.5 Å². The summed E-state index contributed by atoms with van der Waals surface area (Å²) in [6, 6.07) is 18.3. The Morgan fingerprint density at radius 3 is 2.55 bits per heavy atom. The lowest BCUT2D eigenvalue weighted by molar-refractivity contribution is -0.120. The molecule has 0 unspecified atom stereocenters. The van der Waals surface area contributed by atoms with Gasteiger partial charge in [-0.15, -0.1) is 0 Å². The van der Waals surface area contributed by atoms with Crippen LogP contribution < -0.4 is 14.9 Å². The minimum absolute atomic E-state index is 0.226. The topological polar surface area (TPSA) is 59.9 Å². The van der Waals surface area contributed by atoms with Gasteiger partial charge >= 0.3 is 0 Å². The van der Waals surface area contributed by atoms with Crippen molar-refractivity contribution >= 4 is 51.3 Å². The van der Waals surface area contributed by atoms with Gasteiger partial charge in [-0.2, -0.15) is 5.10 Å². The molecular weight excluding hydrogens is 503 g/mol. The van der Waals surface area contributed by atoms with Crippen LogP contribution in [0.5, 0.6) is 11.5 Å². The number of nitrogens with one attached hydrogen (secondary N) is 1. The molecule has 3 aromatic carbocycles. The Morgan fingerprint density at radius 2 is 1.84 bits per heavy atom. The second kappa shape index (κ2) is 11.2. The van der Waals surface area contributed by atoms with E-state index in [0.717, 1.165) is 15.6 Å². The maximum Gasteiger partial charge on any atom is 0.244 e. The molecule has 0 aliphatic carbocycles. The lowest BCUT2D eigenvalue weighted by atomic mass is 10.1. The van der Waals surface area contributed by atoms with Crippen LogP contribution >= 0.6 is 39.1 Å². The van der Waals surface area contributed by atoms with Crippen LogP contribution in [0.1, 0.15) is 16.7 Å². The first-order chi connectivity index (χ1) is 15.0. The van der Waals surface area contributed by atoms with E-state index in [1.54, 1.807) is 18.2 Å². The number of amides is 1. The van der Waals surface area contributed by atoms with E-state index in [9.17, 15) is 4.79 Å². The van der Waals surface area contributed by atoms with Gasteiger partial charge in [0.2, 0.25) is 5.91 Å². The standard InChI is InChI=1S/C23H19BrCl2N2O3/c1-30-21-11-16(13-27-28-22(29)12-15-6-8-18(24)9-7-15)10-20(26)23(21)31-14-17-4-2-3-5-19(17)25/h2-11,13H,12,14H2,1H3,(H,28,29)/b27-13-. The van der Waals surface area contributed by atoms with Gasteiger partial charge in [-0.3, -0.25) is 4.79 Å². The number of methoxy groups -OCH3 is 1. The molecular formula is C23H19BrCl2N2O3. The minimum atomic E-state index is -0.226. The number of nitrogens with zero attached hydrogens (tertiary/aromatic N) is 1. The Morgan fingerprint density at radius 1 is 1.10 bits per heavy atom. The zero-order chi connectivity index (χ0) is 22.2. The molecule has 0 spiro atoms. The summed E-state index contributed by atoms with van der Waals surface area (Å²) in [7, 11) is 1.52. The first kappa shape index (κ1) is 23.1. The molecule has 8 heteroatoms. The number of hydrogen-bond acceptors (Lipinski definition) is 4. The lowest BCUT2D eigenvalue weighted by Crippen LogP contribution is -2.19.